The van der Waals surface area contributed by atoms with Gasteiger partial charge in [0.2, 0.25) is 0 Å². The summed E-state index contributed by atoms with van der Waals surface area (Å²) >= 11 is 0. The van der Waals surface area contributed by atoms with Crippen molar-refractivity contribution in [1.29, 1.82) is 0 Å². The number of nitrogens with one attached hydrogen (secondary N) is 1. The maximum absolute atomic E-state index is 13.8. The number of pyridine rings is 1. The first kappa shape index (κ1) is 24.5. The van der Waals surface area contributed by atoms with Gasteiger partial charge in [-0.3, -0.25) is 9.98 Å². The topological polar surface area (TPSA) is 73.6 Å². The Labute approximate surface area is 214 Å². The van der Waals surface area contributed by atoms with Gasteiger partial charge in [-0.15, -0.1) is 0 Å². The van der Waals surface area contributed by atoms with Gasteiger partial charge in [-0.1, -0.05) is 12.1 Å². The maximum Gasteiger partial charge on any atom is 0.123 e. The molecule has 188 valence electrons. The minimum Gasteiger partial charge on any atom is -0.382 e. The molecule has 0 radical (unpaired) electrons. The lowest BCUT2D eigenvalue weighted by Crippen LogP contribution is -2.24. The van der Waals surface area contributed by atoms with Gasteiger partial charge < -0.3 is 19.4 Å². The number of hydrogen-bond acceptors (Lipinski definition) is 6. The first-order valence-corrected chi connectivity index (χ1v) is 12.0. The van der Waals surface area contributed by atoms with Crippen LogP contribution in [0.4, 0.5) is 15.8 Å². The van der Waals surface area contributed by atoms with Crippen LogP contribution >= 0.6 is 0 Å². The van der Waals surface area contributed by atoms with Gasteiger partial charge in [-0.25, -0.2) is 9.37 Å². The highest BCUT2D eigenvalue weighted by molar-refractivity contribution is 5.84. The summed E-state index contributed by atoms with van der Waals surface area (Å²) in [6.07, 6.45) is 1.76. The predicted molar refractivity (Wildman–Crippen MR) is 143 cm³/mol. The van der Waals surface area contributed by atoms with Gasteiger partial charge in [0, 0.05) is 26.1 Å². The molecular formula is C29H28FN5O2. The summed E-state index contributed by atoms with van der Waals surface area (Å²) in [5.74, 6) is -0.289. The lowest BCUT2D eigenvalue weighted by atomic mass is 10.1. The second kappa shape index (κ2) is 10.9. The Morgan fingerprint density at radius 2 is 1.70 bits per heavy atom. The number of halogens is 1. The van der Waals surface area contributed by atoms with Gasteiger partial charge in [0.05, 0.1) is 64.1 Å². The van der Waals surface area contributed by atoms with Gasteiger partial charge in [-0.05, 0) is 67.6 Å². The van der Waals surface area contributed by atoms with Gasteiger partial charge in [0.1, 0.15) is 5.82 Å². The minimum absolute atomic E-state index is 0.212. The molecule has 0 bridgehead atoms. The summed E-state index contributed by atoms with van der Waals surface area (Å²) in [4.78, 5) is 14.4. The van der Waals surface area contributed by atoms with E-state index in [0.717, 1.165) is 50.5 Å². The van der Waals surface area contributed by atoms with Crippen molar-refractivity contribution in [2.24, 2.45) is 4.99 Å². The number of rotatable bonds is 8. The van der Waals surface area contributed by atoms with Crippen LogP contribution in [-0.4, -0.2) is 48.0 Å². The van der Waals surface area contributed by atoms with Crippen LogP contribution in [0.15, 0.2) is 84.0 Å². The van der Waals surface area contributed by atoms with Crippen LogP contribution in [0.1, 0.15) is 5.69 Å². The molecule has 0 saturated heterocycles. The number of hydrogen-bond donors (Lipinski definition) is 1. The number of nitrogens with zero attached hydrogens (tertiary/aromatic N) is 4. The van der Waals surface area contributed by atoms with Crippen molar-refractivity contribution < 1.29 is 13.9 Å². The molecule has 37 heavy (non-hydrogen) atoms. The van der Waals surface area contributed by atoms with Crippen LogP contribution in [0.5, 0.6) is 0 Å². The van der Waals surface area contributed by atoms with Crippen LogP contribution in [0.3, 0.4) is 0 Å². The number of aryl methyl sites for hydroxylation is 1. The standard InChI is InChI=1S/C29H28FN5O2/c1-19-23(8-6-14-31-19)33-25-15-27-29(16-26(25)32-21(17-36-2)18-37-3)35(22-12-10-20(30)11-13-22)28-9-5-4-7-24(28)34-27/h4-16,21,33H,17-18H2,1-3H3. The smallest absolute Gasteiger partial charge is 0.123 e. The van der Waals surface area contributed by atoms with Crippen molar-refractivity contribution >= 4 is 22.4 Å². The lowest BCUT2D eigenvalue weighted by Gasteiger charge is -2.21. The van der Waals surface area contributed by atoms with E-state index in [0.29, 0.717) is 13.2 Å². The highest BCUT2D eigenvalue weighted by Gasteiger charge is 2.18. The average molecular weight is 498 g/mol. The normalized spacial score (nSPS) is 12.1. The van der Waals surface area contributed by atoms with Crippen LogP contribution < -0.4 is 10.7 Å². The molecule has 2 aliphatic rings. The third-order valence-electron chi connectivity index (χ3n) is 6.10. The number of benzene rings is 3. The SMILES string of the molecule is COCC(COC)N=c1cc2n(-c3ccc(F)cc3)c3ccccc3nc-2cc1Nc1cccnc1C. The Balaban J connectivity index is 1.81. The highest BCUT2D eigenvalue weighted by atomic mass is 19.1. The summed E-state index contributed by atoms with van der Waals surface area (Å²) < 4.78 is 26.7. The van der Waals surface area contributed by atoms with E-state index in [1.165, 1.54) is 12.1 Å². The molecule has 7 nitrogen and oxygen atoms in total. The van der Waals surface area contributed by atoms with Crippen molar-refractivity contribution in [3.8, 4) is 17.1 Å². The third kappa shape index (κ3) is 5.21. The van der Waals surface area contributed by atoms with Crippen molar-refractivity contribution in [3.63, 3.8) is 0 Å². The Kier molecular flexibility index (Phi) is 7.20. The summed E-state index contributed by atoms with van der Waals surface area (Å²) in [5.41, 5.74) is 6.68. The number of methoxy groups -OCH3 is 2. The van der Waals surface area contributed by atoms with Gasteiger partial charge in [0.15, 0.2) is 0 Å². The Morgan fingerprint density at radius 3 is 2.43 bits per heavy atom. The number of ether oxygens (including phenoxy) is 2. The fraction of sp³-hybridized carbons (Fsp3) is 0.207. The molecular weight excluding hydrogens is 469 g/mol. The minimum atomic E-state index is -0.289. The predicted octanol–water partition coefficient (Wildman–Crippen LogP) is 5.28. The zero-order valence-corrected chi connectivity index (χ0v) is 21.0. The van der Waals surface area contributed by atoms with E-state index in [-0.39, 0.29) is 11.9 Å². The van der Waals surface area contributed by atoms with Crippen LogP contribution in [0, 0.1) is 12.7 Å². The van der Waals surface area contributed by atoms with E-state index in [1.54, 1.807) is 32.5 Å². The first-order valence-electron chi connectivity index (χ1n) is 12.0. The molecule has 2 heterocycles. The molecule has 0 unspecified atom stereocenters. The second-order valence-electron chi connectivity index (χ2n) is 8.73. The molecule has 0 fully saturated rings. The van der Waals surface area contributed by atoms with E-state index in [4.69, 9.17) is 19.5 Å². The molecule has 0 atom stereocenters. The lowest BCUT2D eigenvalue weighted by molar-refractivity contribution is 0.118. The molecule has 1 N–H and O–H groups in total. The van der Waals surface area contributed by atoms with Crippen molar-refractivity contribution in [2.45, 2.75) is 13.0 Å². The second-order valence-corrected chi connectivity index (χ2v) is 8.73. The molecule has 1 aliphatic heterocycles. The Morgan fingerprint density at radius 1 is 0.946 bits per heavy atom. The summed E-state index contributed by atoms with van der Waals surface area (Å²) in [6, 6.07) is 22.0. The zero-order chi connectivity index (χ0) is 25.8. The van der Waals surface area contributed by atoms with E-state index in [1.807, 2.05) is 55.5 Å². The largest absolute Gasteiger partial charge is 0.382 e. The Hall–Kier alpha value is -4.14. The van der Waals surface area contributed by atoms with Crippen molar-refractivity contribution in [1.82, 2.24) is 14.5 Å². The van der Waals surface area contributed by atoms with Crippen LogP contribution in [0.2, 0.25) is 0 Å². The molecule has 0 spiro atoms. The number of para-hydroxylation sites is 2. The average Bonchev–Trinajstić information content (AvgIpc) is 2.90. The molecule has 2 aromatic carbocycles. The molecule has 5 rings (SSSR count). The first-order chi connectivity index (χ1) is 18.1. The summed E-state index contributed by atoms with van der Waals surface area (Å²) in [5, 5.41) is 4.23. The monoisotopic (exact) mass is 497 g/mol. The zero-order valence-electron chi connectivity index (χ0n) is 21.0. The number of anilines is 2. The Bertz CT molecular complexity index is 1560. The number of fused-ring (bicyclic) bond motifs is 2. The molecule has 1 aromatic heterocycles. The number of aromatic nitrogens is 3. The molecule has 3 aromatic rings. The third-order valence-corrected chi connectivity index (χ3v) is 6.10. The van der Waals surface area contributed by atoms with Gasteiger partial charge in [0.25, 0.3) is 0 Å². The maximum atomic E-state index is 13.8. The van der Waals surface area contributed by atoms with E-state index >= 15 is 0 Å². The summed E-state index contributed by atoms with van der Waals surface area (Å²) in [6.45, 7) is 2.77. The molecule has 8 heteroatoms. The van der Waals surface area contributed by atoms with Crippen molar-refractivity contribution in [3.05, 3.63) is 95.9 Å². The van der Waals surface area contributed by atoms with Crippen LogP contribution in [0.25, 0.3) is 28.1 Å². The van der Waals surface area contributed by atoms with Gasteiger partial charge in [-0.2, -0.15) is 0 Å². The highest BCUT2D eigenvalue weighted by Crippen LogP contribution is 2.30. The fourth-order valence-electron chi connectivity index (χ4n) is 4.38. The van der Waals surface area contributed by atoms with Crippen LogP contribution in [-0.2, 0) is 9.47 Å². The van der Waals surface area contributed by atoms with E-state index in [2.05, 4.69) is 14.9 Å². The quantitative estimate of drug-likeness (QED) is 0.295. The van der Waals surface area contributed by atoms with E-state index < -0.39 is 0 Å². The fourth-order valence-corrected chi connectivity index (χ4v) is 4.38. The summed E-state index contributed by atoms with van der Waals surface area (Å²) in [7, 11) is 3.30. The molecule has 1 aliphatic carbocycles. The van der Waals surface area contributed by atoms with Gasteiger partial charge >= 0.3 is 0 Å². The van der Waals surface area contributed by atoms with Crippen molar-refractivity contribution in [2.75, 3.05) is 32.8 Å². The molecule has 0 saturated carbocycles. The molecule has 0 amide bonds. The van der Waals surface area contributed by atoms with E-state index in [9.17, 15) is 4.39 Å².